The number of amides is 1. The van der Waals surface area contributed by atoms with E-state index in [-0.39, 0.29) is 24.9 Å². The number of nitrogens with one attached hydrogen (secondary N) is 2. The van der Waals surface area contributed by atoms with E-state index < -0.39 is 0 Å². The van der Waals surface area contributed by atoms with Crippen molar-refractivity contribution in [1.82, 2.24) is 10.6 Å². The van der Waals surface area contributed by atoms with Crippen molar-refractivity contribution in [1.29, 1.82) is 0 Å². The number of methoxy groups -OCH3 is 1. The molecule has 23 heavy (non-hydrogen) atoms. The number of rotatable bonds is 4. The van der Waals surface area contributed by atoms with E-state index in [2.05, 4.69) is 16.7 Å². The highest BCUT2D eigenvalue weighted by Gasteiger charge is 2.20. The van der Waals surface area contributed by atoms with E-state index in [0.717, 1.165) is 25.1 Å². The Balaban J connectivity index is 0.00000192. The number of fused-ring (bicyclic) bond motifs is 1. The molecule has 0 aromatic heterocycles. The molecule has 2 heterocycles. The van der Waals surface area contributed by atoms with E-state index in [9.17, 15) is 4.79 Å². The van der Waals surface area contributed by atoms with Crippen LogP contribution in [0.4, 0.5) is 0 Å². The second-order valence-electron chi connectivity index (χ2n) is 5.34. The lowest BCUT2D eigenvalue weighted by molar-refractivity contribution is -0.117. The Bertz CT molecular complexity index is 641. The van der Waals surface area contributed by atoms with Gasteiger partial charge in [-0.05, 0) is 25.1 Å². The van der Waals surface area contributed by atoms with Crippen LogP contribution in [-0.2, 0) is 4.79 Å². The number of hydrogen-bond donors (Lipinski definition) is 2. The molecular formula is C17H21ClN2O3. The molecule has 3 rings (SSSR count). The largest absolute Gasteiger partial charge is 0.493 e. The summed E-state index contributed by atoms with van der Waals surface area (Å²) >= 11 is 0. The van der Waals surface area contributed by atoms with Crippen LogP contribution in [0.15, 0.2) is 35.4 Å². The molecular weight excluding hydrogens is 316 g/mol. The SMILES string of the molecule is COc1cccc2c1OCC(C(=O)NCC1=CCNCC1)=C2.Cl. The Labute approximate surface area is 142 Å². The van der Waals surface area contributed by atoms with Gasteiger partial charge in [-0.2, -0.15) is 0 Å². The van der Waals surface area contributed by atoms with Crippen LogP contribution in [0.5, 0.6) is 11.5 Å². The van der Waals surface area contributed by atoms with Crippen LogP contribution < -0.4 is 20.1 Å². The Morgan fingerprint density at radius 1 is 1.43 bits per heavy atom. The number of hydrogen-bond acceptors (Lipinski definition) is 4. The number of para-hydroxylation sites is 1. The second kappa shape index (κ2) is 8.04. The van der Waals surface area contributed by atoms with E-state index in [0.29, 0.717) is 23.6 Å². The van der Waals surface area contributed by atoms with Crippen LogP contribution in [0.1, 0.15) is 12.0 Å². The Hall–Kier alpha value is -1.98. The van der Waals surface area contributed by atoms with Crippen molar-refractivity contribution >= 4 is 24.4 Å². The zero-order chi connectivity index (χ0) is 15.4. The molecule has 1 aromatic rings. The first kappa shape index (κ1) is 17.4. The highest BCUT2D eigenvalue weighted by molar-refractivity contribution is 5.99. The molecule has 5 nitrogen and oxygen atoms in total. The van der Waals surface area contributed by atoms with Crippen LogP contribution in [0.3, 0.4) is 0 Å². The predicted molar refractivity (Wildman–Crippen MR) is 92.3 cm³/mol. The number of ether oxygens (including phenoxy) is 2. The lowest BCUT2D eigenvalue weighted by Gasteiger charge is -2.20. The van der Waals surface area contributed by atoms with Crippen molar-refractivity contribution in [3.8, 4) is 11.5 Å². The monoisotopic (exact) mass is 336 g/mol. The van der Waals surface area contributed by atoms with Crippen molar-refractivity contribution in [2.75, 3.05) is 33.4 Å². The molecule has 0 atom stereocenters. The summed E-state index contributed by atoms with van der Waals surface area (Å²) in [6, 6.07) is 5.65. The van der Waals surface area contributed by atoms with Crippen molar-refractivity contribution in [3.05, 3.63) is 41.0 Å². The maximum Gasteiger partial charge on any atom is 0.250 e. The van der Waals surface area contributed by atoms with Crippen LogP contribution >= 0.6 is 12.4 Å². The number of carbonyl (C=O) groups is 1. The van der Waals surface area contributed by atoms with Gasteiger partial charge in [-0.3, -0.25) is 4.79 Å². The summed E-state index contributed by atoms with van der Waals surface area (Å²) in [7, 11) is 1.61. The van der Waals surface area contributed by atoms with Crippen molar-refractivity contribution < 1.29 is 14.3 Å². The van der Waals surface area contributed by atoms with Crippen LogP contribution in [0.25, 0.3) is 6.08 Å². The summed E-state index contributed by atoms with van der Waals surface area (Å²) in [4.78, 5) is 12.3. The van der Waals surface area contributed by atoms with Gasteiger partial charge in [0.05, 0.1) is 12.7 Å². The van der Waals surface area contributed by atoms with Crippen molar-refractivity contribution in [2.24, 2.45) is 0 Å². The van der Waals surface area contributed by atoms with Crippen LogP contribution in [0.2, 0.25) is 0 Å². The van der Waals surface area contributed by atoms with Gasteiger partial charge < -0.3 is 20.1 Å². The van der Waals surface area contributed by atoms with Gasteiger partial charge in [-0.1, -0.05) is 23.8 Å². The molecule has 1 amide bonds. The van der Waals surface area contributed by atoms with Crippen LogP contribution in [-0.4, -0.2) is 39.3 Å². The molecule has 2 N–H and O–H groups in total. The predicted octanol–water partition coefficient (Wildman–Crippen LogP) is 1.93. The molecule has 2 aliphatic rings. The van der Waals surface area contributed by atoms with E-state index in [1.165, 1.54) is 5.57 Å². The average molecular weight is 337 g/mol. The molecule has 6 heteroatoms. The third kappa shape index (κ3) is 4.06. The summed E-state index contributed by atoms with van der Waals surface area (Å²) in [6.45, 7) is 2.72. The molecule has 0 aliphatic carbocycles. The quantitative estimate of drug-likeness (QED) is 0.825. The van der Waals surface area contributed by atoms with Gasteiger partial charge in [0.25, 0.3) is 5.91 Å². The van der Waals surface area contributed by atoms with Gasteiger partial charge in [-0.15, -0.1) is 12.4 Å². The summed E-state index contributed by atoms with van der Waals surface area (Å²) in [5, 5.41) is 6.22. The molecule has 0 radical (unpaired) electrons. The minimum absolute atomic E-state index is 0. The number of halogens is 1. The Kier molecular flexibility index (Phi) is 6.07. The zero-order valence-electron chi connectivity index (χ0n) is 13.1. The number of benzene rings is 1. The number of carbonyl (C=O) groups excluding carboxylic acids is 1. The van der Waals surface area contributed by atoms with E-state index in [4.69, 9.17) is 9.47 Å². The molecule has 2 aliphatic heterocycles. The first-order valence-electron chi connectivity index (χ1n) is 7.45. The summed E-state index contributed by atoms with van der Waals surface area (Å²) in [5.74, 6) is 1.31. The van der Waals surface area contributed by atoms with Gasteiger partial charge in [0.15, 0.2) is 11.5 Å². The maximum atomic E-state index is 12.3. The van der Waals surface area contributed by atoms with Crippen molar-refractivity contribution in [2.45, 2.75) is 6.42 Å². The van der Waals surface area contributed by atoms with Gasteiger partial charge in [-0.25, -0.2) is 0 Å². The van der Waals surface area contributed by atoms with Crippen molar-refractivity contribution in [3.63, 3.8) is 0 Å². The lowest BCUT2D eigenvalue weighted by Crippen LogP contribution is -2.32. The first-order valence-corrected chi connectivity index (χ1v) is 7.45. The Morgan fingerprint density at radius 2 is 2.30 bits per heavy atom. The van der Waals surface area contributed by atoms with Gasteiger partial charge in [0.1, 0.15) is 6.61 Å². The molecule has 0 fully saturated rings. The third-order valence-corrected chi connectivity index (χ3v) is 3.86. The molecule has 1 aromatic carbocycles. The Morgan fingerprint density at radius 3 is 3.04 bits per heavy atom. The molecule has 0 saturated heterocycles. The summed E-state index contributed by atoms with van der Waals surface area (Å²) in [6.07, 6.45) is 4.99. The lowest BCUT2D eigenvalue weighted by atomic mass is 10.1. The van der Waals surface area contributed by atoms with Gasteiger partial charge >= 0.3 is 0 Å². The van der Waals surface area contributed by atoms with E-state index >= 15 is 0 Å². The molecule has 0 spiro atoms. The topological polar surface area (TPSA) is 59.6 Å². The van der Waals surface area contributed by atoms with E-state index in [1.54, 1.807) is 7.11 Å². The fourth-order valence-electron chi connectivity index (χ4n) is 2.61. The maximum absolute atomic E-state index is 12.3. The average Bonchev–Trinajstić information content (AvgIpc) is 2.59. The smallest absolute Gasteiger partial charge is 0.250 e. The highest BCUT2D eigenvalue weighted by atomic mass is 35.5. The first-order chi connectivity index (χ1) is 10.8. The van der Waals surface area contributed by atoms with Crippen LogP contribution in [0, 0.1) is 0 Å². The summed E-state index contributed by atoms with van der Waals surface area (Å²) < 4.78 is 11.0. The fraction of sp³-hybridized carbons (Fsp3) is 0.353. The minimum Gasteiger partial charge on any atom is -0.493 e. The summed E-state index contributed by atoms with van der Waals surface area (Å²) in [5.41, 5.74) is 2.78. The van der Waals surface area contributed by atoms with Gasteiger partial charge in [0.2, 0.25) is 0 Å². The third-order valence-electron chi connectivity index (χ3n) is 3.86. The molecule has 124 valence electrons. The fourth-order valence-corrected chi connectivity index (χ4v) is 2.61. The highest BCUT2D eigenvalue weighted by Crippen LogP contribution is 2.35. The van der Waals surface area contributed by atoms with E-state index in [1.807, 2.05) is 24.3 Å². The second-order valence-corrected chi connectivity index (χ2v) is 5.34. The molecule has 0 saturated carbocycles. The molecule has 0 bridgehead atoms. The minimum atomic E-state index is -0.0760. The standard InChI is InChI=1S/C17H20N2O3.ClH/c1-21-15-4-2-3-13-9-14(11-22-16(13)15)17(20)19-10-12-5-7-18-8-6-12;/h2-5,9,18H,6-8,10-11H2,1H3,(H,19,20);1H. The normalized spacial score (nSPS) is 16.0. The van der Waals surface area contributed by atoms with Gasteiger partial charge in [0, 0.05) is 18.7 Å². The molecule has 0 unspecified atom stereocenters. The zero-order valence-corrected chi connectivity index (χ0v) is 13.9.